The zero-order valence-electron chi connectivity index (χ0n) is 53.7. The summed E-state index contributed by atoms with van der Waals surface area (Å²) in [5, 5.41) is 31.6. The van der Waals surface area contributed by atoms with E-state index in [0.29, 0.717) is 32.1 Å². The van der Waals surface area contributed by atoms with E-state index in [-0.39, 0.29) is 19.3 Å². The Morgan fingerprint density at radius 3 is 1.15 bits per heavy atom. The van der Waals surface area contributed by atoms with Crippen molar-refractivity contribution in [2.45, 2.75) is 263 Å². The number of hydrogen-bond donors (Lipinski definition) is 3. The quantitative estimate of drug-likeness (QED) is 0.0228. The third-order valence-electron chi connectivity index (χ3n) is 13.8. The fourth-order valence-electron chi connectivity index (χ4n) is 8.80. The van der Waals surface area contributed by atoms with Crippen molar-refractivity contribution in [2.75, 3.05) is 13.2 Å². The molecule has 1 rings (SSSR count). The predicted octanol–water partition coefficient (Wildman–Crippen LogP) is 18.2. The summed E-state index contributed by atoms with van der Waals surface area (Å²) in [5.74, 6) is -3.38. The largest absolute Gasteiger partial charge is 0.479 e. The number of hydrogen-bond acceptors (Lipinski definition) is 11. The molecule has 1 heterocycles. The number of aliphatic hydroxyl groups excluding tert-OH is 2. The molecule has 0 aromatic carbocycles. The standard InChI is InChI=1S/C75H114O12/c1-4-7-10-13-16-19-22-25-28-31-34-37-40-43-46-49-52-55-58-61-67(76)83-64-66(85-68(77)62-59-56-53-50-47-44-41-38-35-32-29-26-23-20-17-14-11-8-5-2)65-84-75-73(71(80)70(79)72(87-75)74(81)82)86-69(78)63-60-57-54-51-48-45-42-39-36-33-30-27-24-21-18-15-12-9-6-3/h7-8,10-11,16-21,25-30,34-35,37-38,43-44,46-47,52-53,55-56,66,70-73,75,79-80H,4-6,9,12-15,22-24,31-33,36,39-42,45,48-51,54,57-65H2,1-3H3,(H,81,82)/b10-7-,11-8-,19-16-,20-17-,21-18-,28-25-,29-26-,30-27-,37-34-,38-35-,46-43-,47-44-,55-52-,56-53-. The lowest BCUT2D eigenvalue weighted by Crippen LogP contribution is -2.61. The number of esters is 3. The molecule has 0 bridgehead atoms. The number of carbonyl (C=O) groups excluding carboxylic acids is 3. The van der Waals surface area contributed by atoms with Gasteiger partial charge in [-0.3, -0.25) is 14.4 Å². The highest BCUT2D eigenvalue weighted by atomic mass is 16.7. The van der Waals surface area contributed by atoms with Crippen LogP contribution in [0, 0.1) is 0 Å². The first-order valence-electron chi connectivity index (χ1n) is 33.1. The van der Waals surface area contributed by atoms with Crippen molar-refractivity contribution in [3.63, 3.8) is 0 Å². The summed E-state index contributed by atoms with van der Waals surface area (Å²) >= 11 is 0. The van der Waals surface area contributed by atoms with E-state index in [1.165, 1.54) is 51.4 Å². The van der Waals surface area contributed by atoms with Crippen LogP contribution in [0.2, 0.25) is 0 Å². The van der Waals surface area contributed by atoms with Gasteiger partial charge in [-0.25, -0.2) is 4.79 Å². The van der Waals surface area contributed by atoms with E-state index < -0.39 is 73.9 Å². The van der Waals surface area contributed by atoms with Gasteiger partial charge in [0.2, 0.25) is 0 Å². The highest BCUT2D eigenvalue weighted by molar-refractivity contribution is 5.74. The summed E-state index contributed by atoms with van der Waals surface area (Å²) in [7, 11) is 0. The zero-order chi connectivity index (χ0) is 63.1. The monoisotopic (exact) mass is 1210 g/mol. The molecule has 0 radical (unpaired) electrons. The highest BCUT2D eigenvalue weighted by Crippen LogP contribution is 2.26. The lowest BCUT2D eigenvalue weighted by atomic mass is 9.98. The van der Waals surface area contributed by atoms with Crippen molar-refractivity contribution in [3.05, 3.63) is 170 Å². The van der Waals surface area contributed by atoms with Crippen LogP contribution in [-0.4, -0.2) is 89.2 Å². The van der Waals surface area contributed by atoms with Crippen molar-refractivity contribution in [3.8, 4) is 0 Å². The maximum atomic E-state index is 13.2. The topological polar surface area (TPSA) is 175 Å². The van der Waals surface area contributed by atoms with Gasteiger partial charge in [0, 0.05) is 19.3 Å². The minimum atomic E-state index is -1.94. The summed E-state index contributed by atoms with van der Waals surface area (Å²) in [6, 6.07) is 0. The molecule has 12 nitrogen and oxygen atoms in total. The molecule has 87 heavy (non-hydrogen) atoms. The van der Waals surface area contributed by atoms with Crippen LogP contribution in [0.3, 0.4) is 0 Å². The Hall–Kier alpha value is -5.92. The second-order valence-corrected chi connectivity index (χ2v) is 21.6. The molecule has 0 amide bonds. The van der Waals surface area contributed by atoms with Gasteiger partial charge in [0.15, 0.2) is 24.6 Å². The molecule has 3 N–H and O–H groups in total. The first kappa shape index (κ1) is 79.1. The van der Waals surface area contributed by atoms with Crippen molar-refractivity contribution in [1.82, 2.24) is 0 Å². The number of carboxylic acid groups (broad SMARTS) is 1. The summed E-state index contributed by atoms with van der Waals surface area (Å²) in [6.07, 6.45) is 77.6. The molecule has 0 aromatic rings. The zero-order valence-corrected chi connectivity index (χ0v) is 53.7. The Morgan fingerprint density at radius 2 is 0.747 bits per heavy atom. The molecule has 0 spiro atoms. The van der Waals surface area contributed by atoms with Crippen LogP contribution in [0.5, 0.6) is 0 Å². The van der Waals surface area contributed by atoms with Crippen LogP contribution >= 0.6 is 0 Å². The molecule has 1 aliphatic heterocycles. The van der Waals surface area contributed by atoms with E-state index in [0.717, 1.165) is 103 Å². The van der Waals surface area contributed by atoms with Gasteiger partial charge in [0.25, 0.3) is 0 Å². The summed E-state index contributed by atoms with van der Waals surface area (Å²) < 4.78 is 28.4. The van der Waals surface area contributed by atoms with Gasteiger partial charge in [-0.2, -0.15) is 0 Å². The minimum absolute atomic E-state index is 0.0113. The Balaban J connectivity index is 2.76. The summed E-state index contributed by atoms with van der Waals surface area (Å²) in [4.78, 5) is 51.3. The van der Waals surface area contributed by atoms with Crippen LogP contribution in [0.4, 0.5) is 0 Å². The molecule has 486 valence electrons. The van der Waals surface area contributed by atoms with Gasteiger partial charge < -0.3 is 39.0 Å². The van der Waals surface area contributed by atoms with Gasteiger partial charge in [0.1, 0.15) is 18.8 Å². The summed E-state index contributed by atoms with van der Waals surface area (Å²) in [5.41, 5.74) is 0. The third kappa shape index (κ3) is 49.7. The highest BCUT2D eigenvalue weighted by Gasteiger charge is 2.50. The maximum Gasteiger partial charge on any atom is 0.335 e. The molecule has 1 saturated heterocycles. The number of ether oxygens (including phenoxy) is 5. The number of allylic oxidation sites excluding steroid dienone is 28. The van der Waals surface area contributed by atoms with Crippen LogP contribution < -0.4 is 0 Å². The molecule has 6 atom stereocenters. The van der Waals surface area contributed by atoms with Gasteiger partial charge in [-0.1, -0.05) is 249 Å². The number of aliphatic hydroxyl groups is 2. The lowest BCUT2D eigenvalue weighted by molar-refractivity contribution is -0.301. The van der Waals surface area contributed by atoms with Crippen molar-refractivity contribution in [2.24, 2.45) is 0 Å². The van der Waals surface area contributed by atoms with E-state index in [1.807, 2.05) is 24.3 Å². The van der Waals surface area contributed by atoms with Crippen LogP contribution in [0.15, 0.2) is 170 Å². The SMILES string of the molecule is CC/C=C\C/C=C\C/C=C\C/C=C\C/C=C\C/C=C\CCC(=O)OCC(COC1OC(C(=O)O)C(O)C(O)C1OC(=O)CCCCCCCCCCC/C=C\C/C=C\CCCCC)OC(=O)CC/C=C\C/C=C\C/C=C\C/C=C\C/C=C\C/C=C\CC. The van der Waals surface area contributed by atoms with E-state index in [2.05, 4.69) is 167 Å². The Kier molecular flexibility index (Phi) is 54.9. The van der Waals surface area contributed by atoms with Crippen LogP contribution in [0.1, 0.15) is 226 Å². The number of unbranched alkanes of at least 4 members (excludes halogenated alkanes) is 12. The first-order valence-corrected chi connectivity index (χ1v) is 33.1. The van der Waals surface area contributed by atoms with Gasteiger partial charge >= 0.3 is 23.9 Å². The van der Waals surface area contributed by atoms with E-state index >= 15 is 0 Å². The van der Waals surface area contributed by atoms with E-state index in [1.54, 1.807) is 0 Å². The van der Waals surface area contributed by atoms with Gasteiger partial charge in [-0.15, -0.1) is 0 Å². The first-order chi connectivity index (χ1) is 42.6. The van der Waals surface area contributed by atoms with Crippen LogP contribution in [0.25, 0.3) is 0 Å². The Labute approximate surface area is 526 Å². The fourth-order valence-corrected chi connectivity index (χ4v) is 8.80. The second-order valence-electron chi connectivity index (χ2n) is 21.6. The van der Waals surface area contributed by atoms with Crippen LogP contribution in [-0.2, 0) is 42.9 Å². The third-order valence-corrected chi connectivity index (χ3v) is 13.8. The minimum Gasteiger partial charge on any atom is -0.479 e. The molecule has 12 heteroatoms. The fraction of sp³-hybridized carbons (Fsp3) is 0.573. The molecular weight excluding hydrogens is 1090 g/mol. The Morgan fingerprint density at radius 1 is 0.391 bits per heavy atom. The number of rotatable bonds is 54. The van der Waals surface area contributed by atoms with E-state index in [4.69, 9.17) is 23.7 Å². The molecule has 1 fully saturated rings. The predicted molar refractivity (Wildman–Crippen MR) is 358 cm³/mol. The van der Waals surface area contributed by atoms with E-state index in [9.17, 15) is 34.5 Å². The molecule has 6 unspecified atom stereocenters. The van der Waals surface area contributed by atoms with Gasteiger partial charge in [0.05, 0.1) is 6.61 Å². The second kappa shape index (κ2) is 60.4. The summed E-state index contributed by atoms with van der Waals surface area (Å²) in [6.45, 7) is 5.62. The van der Waals surface area contributed by atoms with Crippen molar-refractivity contribution < 1.29 is 58.2 Å². The maximum absolute atomic E-state index is 13.2. The van der Waals surface area contributed by atoms with Crippen molar-refractivity contribution in [1.29, 1.82) is 0 Å². The number of carbonyl (C=O) groups is 4. The molecule has 0 aliphatic carbocycles. The van der Waals surface area contributed by atoms with Crippen molar-refractivity contribution >= 4 is 23.9 Å². The molecule has 0 saturated carbocycles. The average Bonchev–Trinajstić information content (AvgIpc) is 2.56. The Bertz CT molecular complexity index is 2160. The molecular formula is C75H114O12. The number of carboxylic acids is 1. The number of aliphatic carboxylic acids is 1. The smallest absolute Gasteiger partial charge is 0.335 e. The molecule has 1 aliphatic rings. The van der Waals surface area contributed by atoms with Gasteiger partial charge in [-0.05, 0) is 128 Å². The molecule has 0 aromatic heterocycles. The average molecular weight is 1210 g/mol. The lowest BCUT2D eigenvalue weighted by Gasteiger charge is -2.40. The normalized spacial score (nSPS) is 18.5.